The van der Waals surface area contributed by atoms with Gasteiger partial charge in [-0.05, 0) is 37.9 Å². The maximum absolute atomic E-state index is 4.29. The van der Waals surface area contributed by atoms with Crippen LogP contribution in [0.2, 0.25) is 0 Å². The van der Waals surface area contributed by atoms with Crippen molar-refractivity contribution >= 4 is 5.96 Å². The molecule has 0 amide bonds. The number of rotatable bonds is 6. The number of nitrogens with zero attached hydrogens (tertiary/aromatic N) is 4. The van der Waals surface area contributed by atoms with E-state index in [0.29, 0.717) is 5.92 Å². The van der Waals surface area contributed by atoms with Crippen LogP contribution in [-0.2, 0) is 13.6 Å². The van der Waals surface area contributed by atoms with E-state index in [1.165, 1.54) is 38.9 Å². The summed E-state index contributed by atoms with van der Waals surface area (Å²) in [4.78, 5) is 6.87. The molecule has 1 unspecified atom stereocenters. The summed E-state index contributed by atoms with van der Waals surface area (Å²) in [6.45, 7) is 7.68. The molecule has 1 aliphatic rings. The largest absolute Gasteiger partial charge is 0.356 e. The Labute approximate surface area is 134 Å². The maximum Gasteiger partial charge on any atom is 0.191 e. The number of piperidine rings is 1. The first kappa shape index (κ1) is 16.8. The highest BCUT2D eigenvalue weighted by atomic mass is 15.3. The van der Waals surface area contributed by atoms with Gasteiger partial charge in [0.2, 0.25) is 0 Å². The molecule has 0 aromatic carbocycles. The van der Waals surface area contributed by atoms with Crippen LogP contribution in [0.3, 0.4) is 0 Å². The van der Waals surface area contributed by atoms with Gasteiger partial charge in [0.15, 0.2) is 5.96 Å². The molecule has 1 fully saturated rings. The van der Waals surface area contributed by atoms with E-state index in [1.807, 2.05) is 31.0 Å². The maximum atomic E-state index is 4.29. The highest BCUT2D eigenvalue weighted by Crippen LogP contribution is 2.10. The van der Waals surface area contributed by atoms with Crippen LogP contribution in [0.4, 0.5) is 0 Å². The fraction of sp³-hybridized carbons (Fsp3) is 0.750. The highest BCUT2D eigenvalue weighted by Gasteiger charge is 2.13. The van der Waals surface area contributed by atoms with Crippen molar-refractivity contribution in [3.8, 4) is 0 Å². The molecule has 1 aromatic rings. The van der Waals surface area contributed by atoms with Gasteiger partial charge in [0.05, 0.1) is 12.2 Å². The predicted molar refractivity (Wildman–Crippen MR) is 90.9 cm³/mol. The van der Waals surface area contributed by atoms with Crippen LogP contribution in [0.15, 0.2) is 17.3 Å². The number of aromatic nitrogens is 2. The van der Waals surface area contributed by atoms with Crippen molar-refractivity contribution in [1.29, 1.82) is 0 Å². The highest BCUT2D eigenvalue weighted by molar-refractivity contribution is 5.79. The van der Waals surface area contributed by atoms with E-state index >= 15 is 0 Å². The topological polar surface area (TPSA) is 57.5 Å². The molecule has 0 aliphatic carbocycles. The Hall–Kier alpha value is -1.56. The Morgan fingerprint density at radius 2 is 2.09 bits per heavy atom. The lowest BCUT2D eigenvalue weighted by molar-refractivity contribution is 0.201. The van der Waals surface area contributed by atoms with Gasteiger partial charge in [-0.25, -0.2) is 0 Å². The van der Waals surface area contributed by atoms with E-state index in [-0.39, 0.29) is 0 Å². The van der Waals surface area contributed by atoms with Gasteiger partial charge in [0.1, 0.15) is 0 Å². The smallest absolute Gasteiger partial charge is 0.191 e. The second-order valence-electron chi connectivity index (χ2n) is 6.22. The van der Waals surface area contributed by atoms with Crippen LogP contribution in [0.25, 0.3) is 0 Å². The van der Waals surface area contributed by atoms with Gasteiger partial charge in [-0.3, -0.25) is 9.67 Å². The molecular weight excluding hydrogens is 276 g/mol. The molecule has 1 saturated heterocycles. The molecule has 22 heavy (non-hydrogen) atoms. The van der Waals surface area contributed by atoms with Gasteiger partial charge in [0, 0.05) is 33.4 Å². The Morgan fingerprint density at radius 1 is 1.32 bits per heavy atom. The SMILES string of the molecule is CN=C(NCc1ccnn1C)NCC(C)CN1CCCCC1. The number of hydrogen-bond donors (Lipinski definition) is 2. The average Bonchev–Trinajstić information content (AvgIpc) is 2.94. The molecule has 0 bridgehead atoms. The lowest BCUT2D eigenvalue weighted by Gasteiger charge is -2.29. The summed E-state index contributed by atoms with van der Waals surface area (Å²) >= 11 is 0. The molecule has 0 spiro atoms. The van der Waals surface area contributed by atoms with Crippen LogP contribution >= 0.6 is 0 Å². The van der Waals surface area contributed by atoms with Crippen molar-refractivity contribution in [3.05, 3.63) is 18.0 Å². The number of likely N-dealkylation sites (tertiary alicyclic amines) is 1. The molecule has 2 heterocycles. The zero-order chi connectivity index (χ0) is 15.8. The first-order valence-electron chi connectivity index (χ1n) is 8.33. The summed E-state index contributed by atoms with van der Waals surface area (Å²) in [5.41, 5.74) is 1.14. The first-order chi connectivity index (χ1) is 10.7. The molecule has 1 atom stereocenters. The minimum Gasteiger partial charge on any atom is -0.356 e. The van der Waals surface area contributed by atoms with Crippen molar-refractivity contribution in [2.24, 2.45) is 18.0 Å². The van der Waals surface area contributed by atoms with Crippen molar-refractivity contribution in [2.75, 3.05) is 33.2 Å². The Balaban J connectivity index is 1.68. The summed E-state index contributed by atoms with van der Waals surface area (Å²) in [6.07, 6.45) is 5.92. The third kappa shape index (κ3) is 5.33. The number of aliphatic imine (C=N–C) groups is 1. The zero-order valence-electron chi connectivity index (χ0n) is 14.2. The standard InChI is InChI=1S/C16H30N6/c1-14(13-22-9-5-4-6-10-22)11-18-16(17-2)19-12-15-7-8-20-21(15)3/h7-8,14H,4-6,9-13H2,1-3H3,(H2,17,18,19). The first-order valence-corrected chi connectivity index (χ1v) is 8.33. The molecule has 1 aliphatic heterocycles. The third-order valence-electron chi connectivity index (χ3n) is 4.22. The van der Waals surface area contributed by atoms with Crippen LogP contribution < -0.4 is 10.6 Å². The second-order valence-corrected chi connectivity index (χ2v) is 6.22. The van der Waals surface area contributed by atoms with Crippen molar-refractivity contribution in [1.82, 2.24) is 25.3 Å². The summed E-state index contributed by atoms with van der Waals surface area (Å²) in [5, 5.41) is 10.9. The van der Waals surface area contributed by atoms with E-state index in [2.05, 4.69) is 32.5 Å². The Bertz CT molecular complexity index is 461. The van der Waals surface area contributed by atoms with Gasteiger partial charge >= 0.3 is 0 Å². The number of hydrogen-bond acceptors (Lipinski definition) is 3. The predicted octanol–water partition coefficient (Wildman–Crippen LogP) is 1.21. The van der Waals surface area contributed by atoms with E-state index in [1.54, 1.807) is 0 Å². The van der Waals surface area contributed by atoms with Crippen LogP contribution in [0, 0.1) is 5.92 Å². The Morgan fingerprint density at radius 3 is 2.73 bits per heavy atom. The number of nitrogens with one attached hydrogen (secondary N) is 2. The molecule has 2 N–H and O–H groups in total. The molecule has 0 saturated carbocycles. The van der Waals surface area contributed by atoms with Crippen LogP contribution in [0.5, 0.6) is 0 Å². The quantitative estimate of drug-likeness (QED) is 0.613. The van der Waals surface area contributed by atoms with E-state index < -0.39 is 0 Å². The number of guanidine groups is 1. The molecule has 6 heteroatoms. The zero-order valence-corrected chi connectivity index (χ0v) is 14.2. The molecule has 2 rings (SSSR count). The number of aryl methyl sites for hydroxylation is 1. The second kappa shape index (κ2) is 8.78. The van der Waals surface area contributed by atoms with Gasteiger partial charge < -0.3 is 15.5 Å². The normalized spacial score (nSPS) is 18.2. The minimum absolute atomic E-state index is 0.619. The van der Waals surface area contributed by atoms with E-state index in [9.17, 15) is 0 Å². The van der Waals surface area contributed by atoms with Crippen molar-refractivity contribution in [3.63, 3.8) is 0 Å². The summed E-state index contributed by atoms with van der Waals surface area (Å²) in [6, 6.07) is 2.01. The molecule has 124 valence electrons. The van der Waals surface area contributed by atoms with Crippen LogP contribution in [0.1, 0.15) is 31.9 Å². The van der Waals surface area contributed by atoms with Crippen LogP contribution in [-0.4, -0.2) is 53.9 Å². The average molecular weight is 306 g/mol. The molecule has 1 aromatic heterocycles. The van der Waals surface area contributed by atoms with Gasteiger partial charge in [-0.2, -0.15) is 5.10 Å². The summed E-state index contributed by atoms with van der Waals surface area (Å²) in [5.74, 6) is 1.47. The molecule has 6 nitrogen and oxygen atoms in total. The van der Waals surface area contributed by atoms with Gasteiger partial charge in [-0.1, -0.05) is 13.3 Å². The van der Waals surface area contributed by atoms with E-state index in [4.69, 9.17) is 0 Å². The minimum atomic E-state index is 0.619. The fourth-order valence-corrected chi connectivity index (χ4v) is 2.89. The monoisotopic (exact) mass is 306 g/mol. The van der Waals surface area contributed by atoms with E-state index in [0.717, 1.165) is 24.7 Å². The molecule has 0 radical (unpaired) electrons. The third-order valence-corrected chi connectivity index (χ3v) is 4.22. The lowest BCUT2D eigenvalue weighted by Crippen LogP contribution is -2.42. The lowest BCUT2D eigenvalue weighted by atomic mass is 10.1. The summed E-state index contributed by atoms with van der Waals surface area (Å²) < 4.78 is 1.87. The molecular formula is C16H30N6. The van der Waals surface area contributed by atoms with Crippen molar-refractivity contribution < 1.29 is 0 Å². The Kier molecular flexibility index (Phi) is 6.71. The van der Waals surface area contributed by atoms with Crippen molar-refractivity contribution in [2.45, 2.75) is 32.7 Å². The fourth-order valence-electron chi connectivity index (χ4n) is 2.89. The van der Waals surface area contributed by atoms with Gasteiger partial charge in [-0.15, -0.1) is 0 Å². The van der Waals surface area contributed by atoms with Gasteiger partial charge in [0.25, 0.3) is 0 Å². The summed E-state index contributed by atoms with van der Waals surface area (Å²) in [7, 11) is 3.77.